The van der Waals surface area contributed by atoms with Crippen molar-refractivity contribution in [3.8, 4) is 0 Å². The highest BCUT2D eigenvalue weighted by molar-refractivity contribution is 8.00. The summed E-state index contributed by atoms with van der Waals surface area (Å²) in [6.07, 6.45) is 0.283. The maximum absolute atomic E-state index is 10.7. The Morgan fingerprint density at radius 1 is 1.57 bits per heavy atom. The lowest BCUT2D eigenvalue weighted by atomic mass is 10.1. The summed E-state index contributed by atoms with van der Waals surface area (Å²) in [6, 6.07) is -0.906. The Bertz CT molecular complexity index is 196. The molecule has 0 saturated carbocycles. The number of hydrogen-bond acceptors (Lipinski definition) is 4. The largest absolute Gasteiger partial charge is 0.480 e. The van der Waals surface area contributed by atoms with Crippen molar-refractivity contribution >= 4 is 17.7 Å². The Kier molecular flexibility index (Phi) is 5.48. The molecule has 0 spiro atoms. The molecule has 0 aromatic carbocycles. The first-order valence-corrected chi connectivity index (χ1v) is 5.60. The topological polar surface area (TPSA) is 83.5 Å². The van der Waals surface area contributed by atoms with Crippen molar-refractivity contribution in [2.45, 2.75) is 44.1 Å². The molecule has 0 fully saturated rings. The summed E-state index contributed by atoms with van der Waals surface area (Å²) in [5, 5.41) is 18.1. The second kappa shape index (κ2) is 5.58. The Morgan fingerprint density at radius 3 is 2.43 bits per heavy atom. The zero-order chi connectivity index (χ0) is 11.4. The highest BCUT2D eigenvalue weighted by atomic mass is 32.2. The number of nitrogens with two attached hydrogens (primary N) is 1. The van der Waals surface area contributed by atoms with Gasteiger partial charge in [-0.3, -0.25) is 4.79 Å². The van der Waals surface area contributed by atoms with Crippen molar-refractivity contribution in [3.63, 3.8) is 0 Å². The third-order valence-corrected chi connectivity index (χ3v) is 3.68. The first kappa shape index (κ1) is 13.7. The smallest absolute Gasteiger partial charge is 0.321 e. The predicted octanol–water partition coefficient (Wildman–Crippen LogP) is 0.681. The van der Waals surface area contributed by atoms with Crippen LogP contribution in [0.3, 0.4) is 0 Å². The number of carbonyl (C=O) groups is 1. The van der Waals surface area contributed by atoms with Gasteiger partial charge in [0.1, 0.15) is 6.04 Å². The number of aliphatic hydroxyl groups is 1. The number of carboxylic acid groups (broad SMARTS) is 1. The van der Waals surface area contributed by atoms with Gasteiger partial charge in [-0.25, -0.2) is 0 Å². The fraction of sp³-hybridized carbons (Fsp3) is 0.889. The average molecular weight is 221 g/mol. The maximum atomic E-state index is 10.7. The minimum atomic E-state index is -1.01. The molecule has 14 heavy (non-hydrogen) atoms. The van der Waals surface area contributed by atoms with Gasteiger partial charge in [-0.1, -0.05) is 6.92 Å². The van der Waals surface area contributed by atoms with Crippen molar-refractivity contribution in [1.29, 1.82) is 0 Å². The van der Waals surface area contributed by atoms with Gasteiger partial charge in [0.25, 0.3) is 0 Å². The van der Waals surface area contributed by atoms with E-state index in [1.165, 1.54) is 11.8 Å². The lowest BCUT2D eigenvalue weighted by molar-refractivity contribution is -0.139. The van der Waals surface area contributed by atoms with E-state index in [-0.39, 0.29) is 6.10 Å². The van der Waals surface area contributed by atoms with Crippen LogP contribution in [0.2, 0.25) is 0 Å². The fourth-order valence-electron chi connectivity index (χ4n) is 0.816. The Morgan fingerprint density at radius 2 is 2.07 bits per heavy atom. The van der Waals surface area contributed by atoms with Gasteiger partial charge in [0.2, 0.25) is 0 Å². The monoisotopic (exact) mass is 221 g/mol. The number of thioether (sulfide) groups is 1. The van der Waals surface area contributed by atoms with Crippen LogP contribution < -0.4 is 5.73 Å². The van der Waals surface area contributed by atoms with E-state index in [1.807, 2.05) is 6.92 Å². The molecule has 0 radical (unpaired) electrons. The van der Waals surface area contributed by atoms with Crippen molar-refractivity contribution in [2.75, 3.05) is 5.75 Å². The van der Waals surface area contributed by atoms with Crippen molar-refractivity contribution < 1.29 is 15.0 Å². The summed E-state index contributed by atoms with van der Waals surface area (Å²) in [5.41, 5.74) is 5.52. The van der Waals surface area contributed by atoms with Crippen LogP contribution in [0.4, 0.5) is 0 Å². The molecule has 0 aliphatic rings. The molecule has 0 amide bonds. The Labute approximate surface area is 88.9 Å². The summed E-state index contributed by atoms with van der Waals surface area (Å²) >= 11 is 1.39. The predicted molar refractivity (Wildman–Crippen MR) is 58.4 cm³/mol. The lowest BCUT2D eigenvalue weighted by Crippen LogP contribution is -2.47. The van der Waals surface area contributed by atoms with Gasteiger partial charge in [-0.15, -0.1) is 0 Å². The third kappa shape index (κ3) is 4.30. The molecule has 0 heterocycles. The third-order valence-electron chi connectivity index (χ3n) is 2.13. The van der Waals surface area contributed by atoms with Gasteiger partial charge in [0, 0.05) is 10.5 Å². The van der Waals surface area contributed by atoms with E-state index in [0.29, 0.717) is 12.2 Å². The molecule has 0 aliphatic heterocycles. The molecule has 0 aromatic rings. The molecule has 2 atom stereocenters. The quantitative estimate of drug-likeness (QED) is 0.614. The molecule has 5 heteroatoms. The van der Waals surface area contributed by atoms with Crippen LogP contribution in [-0.2, 0) is 4.79 Å². The second-order valence-electron chi connectivity index (χ2n) is 3.79. The van der Waals surface area contributed by atoms with Crippen LogP contribution in [0.5, 0.6) is 0 Å². The molecule has 0 bridgehead atoms. The van der Waals surface area contributed by atoms with Gasteiger partial charge in [0.05, 0.1) is 6.10 Å². The minimum Gasteiger partial charge on any atom is -0.480 e. The summed E-state index contributed by atoms with van der Waals surface area (Å²) < 4.78 is -0.554. The zero-order valence-electron chi connectivity index (χ0n) is 8.86. The molecule has 0 rings (SSSR count). The van der Waals surface area contributed by atoms with Crippen LogP contribution in [0.15, 0.2) is 0 Å². The maximum Gasteiger partial charge on any atom is 0.321 e. The number of aliphatic hydroxyl groups excluding tert-OH is 1. The number of aliphatic carboxylic acids is 1. The van der Waals surface area contributed by atoms with Gasteiger partial charge in [-0.05, 0) is 20.3 Å². The Hall–Kier alpha value is -0.260. The number of carboxylic acids is 1. The minimum absolute atomic E-state index is 0.389. The van der Waals surface area contributed by atoms with Crippen LogP contribution in [0.25, 0.3) is 0 Å². The normalized spacial score (nSPS) is 16.4. The summed E-state index contributed by atoms with van der Waals surface area (Å²) in [5.74, 6) is -0.488. The first-order chi connectivity index (χ1) is 6.31. The molecule has 0 aliphatic carbocycles. The van der Waals surface area contributed by atoms with E-state index in [9.17, 15) is 9.90 Å². The lowest BCUT2D eigenvalue weighted by Gasteiger charge is -2.28. The van der Waals surface area contributed by atoms with E-state index in [4.69, 9.17) is 10.8 Å². The zero-order valence-corrected chi connectivity index (χ0v) is 9.67. The van der Waals surface area contributed by atoms with Crippen molar-refractivity contribution in [1.82, 2.24) is 0 Å². The van der Waals surface area contributed by atoms with Crippen LogP contribution >= 0.6 is 11.8 Å². The van der Waals surface area contributed by atoms with E-state index in [0.717, 1.165) is 0 Å². The summed E-state index contributed by atoms with van der Waals surface area (Å²) in [7, 11) is 0. The van der Waals surface area contributed by atoms with Gasteiger partial charge in [0.15, 0.2) is 0 Å². The number of rotatable bonds is 6. The second-order valence-corrected chi connectivity index (χ2v) is 5.47. The highest BCUT2D eigenvalue weighted by Crippen LogP contribution is 2.28. The van der Waals surface area contributed by atoms with Gasteiger partial charge < -0.3 is 15.9 Å². The summed E-state index contributed by atoms with van der Waals surface area (Å²) in [4.78, 5) is 10.7. The van der Waals surface area contributed by atoms with Gasteiger partial charge in [-0.2, -0.15) is 11.8 Å². The standard InChI is InChI=1S/C9H19NO3S/c1-4-6(11)5-14-9(2,3)7(10)8(12)13/h6-7,11H,4-5,10H2,1-3H3,(H,12,13)/t6?,7-/m0/s1. The molecule has 84 valence electrons. The van der Waals surface area contributed by atoms with E-state index < -0.39 is 16.8 Å². The SMILES string of the molecule is CCC(O)CSC(C)(C)[C@@H](N)C(=O)O. The van der Waals surface area contributed by atoms with Crippen LogP contribution in [-0.4, -0.2) is 38.8 Å². The van der Waals surface area contributed by atoms with Crippen LogP contribution in [0, 0.1) is 0 Å². The van der Waals surface area contributed by atoms with Crippen molar-refractivity contribution in [3.05, 3.63) is 0 Å². The molecule has 0 aromatic heterocycles. The molecule has 4 nitrogen and oxygen atoms in total. The van der Waals surface area contributed by atoms with Crippen molar-refractivity contribution in [2.24, 2.45) is 5.73 Å². The first-order valence-electron chi connectivity index (χ1n) is 4.61. The number of hydrogen-bond donors (Lipinski definition) is 3. The molecular weight excluding hydrogens is 202 g/mol. The Balaban J connectivity index is 4.13. The molecular formula is C9H19NO3S. The van der Waals surface area contributed by atoms with Gasteiger partial charge >= 0.3 is 5.97 Å². The molecule has 4 N–H and O–H groups in total. The highest BCUT2D eigenvalue weighted by Gasteiger charge is 2.32. The van der Waals surface area contributed by atoms with Crippen LogP contribution in [0.1, 0.15) is 27.2 Å². The van der Waals surface area contributed by atoms with E-state index in [2.05, 4.69) is 0 Å². The van der Waals surface area contributed by atoms with E-state index in [1.54, 1.807) is 13.8 Å². The molecule has 0 saturated heterocycles. The summed E-state index contributed by atoms with van der Waals surface area (Å²) in [6.45, 7) is 5.44. The molecule has 1 unspecified atom stereocenters. The average Bonchev–Trinajstić information content (AvgIpc) is 2.12. The fourth-order valence-corrected chi connectivity index (χ4v) is 1.95. The van der Waals surface area contributed by atoms with E-state index >= 15 is 0 Å².